The zero-order valence-electron chi connectivity index (χ0n) is 15.0. The van der Waals surface area contributed by atoms with Gasteiger partial charge in [0.25, 0.3) is 5.91 Å². The van der Waals surface area contributed by atoms with Crippen molar-refractivity contribution in [3.05, 3.63) is 17.7 Å². The monoisotopic (exact) mass is 373 g/mol. The van der Waals surface area contributed by atoms with Crippen molar-refractivity contribution in [2.45, 2.75) is 25.4 Å². The van der Waals surface area contributed by atoms with Crippen molar-refractivity contribution in [1.29, 1.82) is 0 Å². The lowest BCUT2D eigenvalue weighted by Gasteiger charge is -2.32. The van der Waals surface area contributed by atoms with Gasteiger partial charge in [0.1, 0.15) is 0 Å². The fraction of sp³-hybridized carbons (Fsp3) is 0.588. The number of nitrogens with two attached hydrogens (primary N) is 1. The first kappa shape index (κ1) is 21.3. The van der Waals surface area contributed by atoms with Crippen LogP contribution in [0, 0.1) is 0 Å². The third-order valence-corrected chi connectivity index (χ3v) is 4.20. The second kappa shape index (κ2) is 10.3. The smallest absolute Gasteiger partial charge is 0.255 e. The van der Waals surface area contributed by atoms with E-state index in [2.05, 4.69) is 10.2 Å². The Labute approximate surface area is 155 Å². The molecule has 1 saturated heterocycles. The molecule has 0 radical (unpaired) electrons. The predicted octanol–water partition coefficient (Wildman–Crippen LogP) is 1.17. The number of nitrogens with one attached hydrogen (secondary N) is 1. The van der Waals surface area contributed by atoms with Crippen molar-refractivity contribution in [2.24, 2.45) is 5.73 Å². The normalized spacial score (nSPS) is 17.5. The molecule has 1 heterocycles. The van der Waals surface area contributed by atoms with Gasteiger partial charge in [0, 0.05) is 19.1 Å². The van der Waals surface area contributed by atoms with Crippen LogP contribution >= 0.6 is 12.4 Å². The number of likely N-dealkylation sites (tertiary alicyclic amines) is 1. The number of benzene rings is 1. The summed E-state index contributed by atoms with van der Waals surface area (Å²) in [5.74, 6) is 0.921. The molecule has 1 amide bonds. The zero-order valence-corrected chi connectivity index (χ0v) is 15.9. The van der Waals surface area contributed by atoms with Gasteiger partial charge in [-0.15, -0.1) is 12.4 Å². The zero-order chi connectivity index (χ0) is 17.5. The standard InChI is InChI=1S/C17H27N3O4.ClH/c1-19-13-5-4-6-20(10-13)9-12-7-14(22-2)17(15(8-12)23-3)24-11-16(18)21;/h7-8,13,19H,4-6,9-11H2,1-3H3,(H2,18,21);1H. The minimum Gasteiger partial charge on any atom is -0.493 e. The van der Waals surface area contributed by atoms with E-state index < -0.39 is 5.91 Å². The lowest BCUT2D eigenvalue weighted by atomic mass is 10.0. The average molecular weight is 374 g/mol. The number of hydrogen-bond acceptors (Lipinski definition) is 6. The summed E-state index contributed by atoms with van der Waals surface area (Å²) >= 11 is 0. The number of nitrogens with zero attached hydrogens (tertiary/aromatic N) is 1. The quantitative estimate of drug-likeness (QED) is 0.711. The average Bonchev–Trinajstić information content (AvgIpc) is 2.59. The van der Waals surface area contributed by atoms with Gasteiger partial charge in [0.05, 0.1) is 14.2 Å². The molecule has 7 nitrogen and oxygen atoms in total. The molecule has 1 atom stereocenters. The molecule has 142 valence electrons. The highest BCUT2D eigenvalue weighted by atomic mass is 35.5. The molecular formula is C17H28ClN3O4. The Hall–Kier alpha value is -1.70. The van der Waals surface area contributed by atoms with Crippen LogP contribution in [0.2, 0.25) is 0 Å². The van der Waals surface area contributed by atoms with E-state index in [-0.39, 0.29) is 19.0 Å². The number of hydrogen-bond donors (Lipinski definition) is 2. The van der Waals surface area contributed by atoms with E-state index in [0.29, 0.717) is 23.3 Å². The van der Waals surface area contributed by atoms with Gasteiger partial charge in [0.2, 0.25) is 5.75 Å². The third-order valence-electron chi connectivity index (χ3n) is 4.20. The summed E-state index contributed by atoms with van der Waals surface area (Å²) in [6.07, 6.45) is 2.39. The minimum absolute atomic E-state index is 0. The summed E-state index contributed by atoms with van der Waals surface area (Å²) in [6.45, 7) is 2.67. The lowest BCUT2D eigenvalue weighted by Crippen LogP contribution is -2.43. The Bertz CT molecular complexity index is 546. The maximum Gasteiger partial charge on any atom is 0.255 e. The van der Waals surface area contributed by atoms with Crippen molar-refractivity contribution >= 4 is 18.3 Å². The second-order valence-electron chi connectivity index (χ2n) is 5.95. The van der Waals surface area contributed by atoms with E-state index >= 15 is 0 Å². The Morgan fingerprint density at radius 3 is 2.48 bits per heavy atom. The highest BCUT2D eigenvalue weighted by Gasteiger charge is 2.20. The number of carbonyl (C=O) groups excluding carboxylic acids is 1. The van der Waals surface area contributed by atoms with Crippen LogP contribution < -0.4 is 25.3 Å². The number of likely N-dealkylation sites (N-methyl/N-ethyl adjacent to an activating group) is 1. The van der Waals surface area contributed by atoms with Crippen molar-refractivity contribution in [3.63, 3.8) is 0 Å². The van der Waals surface area contributed by atoms with Gasteiger partial charge in [-0.05, 0) is 44.1 Å². The Balaban J connectivity index is 0.00000312. The Morgan fingerprint density at radius 2 is 1.96 bits per heavy atom. The van der Waals surface area contributed by atoms with E-state index in [9.17, 15) is 4.79 Å². The van der Waals surface area contributed by atoms with E-state index in [1.807, 2.05) is 19.2 Å². The van der Waals surface area contributed by atoms with Crippen LogP contribution in [0.3, 0.4) is 0 Å². The lowest BCUT2D eigenvalue weighted by molar-refractivity contribution is -0.119. The number of piperidine rings is 1. The molecule has 2 rings (SSSR count). The molecule has 0 saturated carbocycles. The molecule has 3 N–H and O–H groups in total. The summed E-state index contributed by atoms with van der Waals surface area (Å²) in [5, 5.41) is 3.35. The van der Waals surface area contributed by atoms with Gasteiger partial charge in [-0.2, -0.15) is 0 Å². The number of carbonyl (C=O) groups is 1. The Morgan fingerprint density at radius 1 is 1.32 bits per heavy atom. The topological polar surface area (TPSA) is 86.0 Å². The first-order valence-electron chi connectivity index (χ1n) is 8.13. The van der Waals surface area contributed by atoms with Gasteiger partial charge >= 0.3 is 0 Å². The van der Waals surface area contributed by atoms with Crippen LogP contribution in [0.1, 0.15) is 18.4 Å². The highest BCUT2D eigenvalue weighted by molar-refractivity contribution is 5.85. The van der Waals surface area contributed by atoms with E-state index in [1.54, 1.807) is 14.2 Å². The number of methoxy groups -OCH3 is 2. The number of halogens is 1. The Kier molecular flexibility index (Phi) is 8.82. The minimum atomic E-state index is -0.547. The molecule has 1 aliphatic heterocycles. The fourth-order valence-corrected chi connectivity index (χ4v) is 3.00. The number of amides is 1. The maximum absolute atomic E-state index is 11.0. The van der Waals surface area contributed by atoms with Gasteiger partial charge < -0.3 is 25.3 Å². The van der Waals surface area contributed by atoms with Crippen LogP contribution in [-0.4, -0.2) is 57.8 Å². The predicted molar refractivity (Wildman–Crippen MR) is 98.8 cm³/mol. The third kappa shape index (κ3) is 5.95. The van der Waals surface area contributed by atoms with Crippen molar-refractivity contribution in [1.82, 2.24) is 10.2 Å². The number of primary amides is 1. The molecule has 0 bridgehead atoms. The molecular weight excluding hydrogens is 346 g/mol. The first-order valence-corrected chi connectivity index (χ1v) is 8.13. The molecule has 8 heteroatoms. The molecule has 25 heavy (non-hydrogen) atoms. The van der Waals surface area contributed by atoms with Gasteiger partial charge in [0.15, 0.2) is 18.1 Å². The van der Waals surface area contributed by atoms with Crippen LogP contribution in [0.4, 0.5) is 0 Å². The van der Waals surface area contributed by atoms with Crippen LogP contribution in [-0.2, 0) is 11.3 Å². The molecule has 1 fully saturated rings. The van der Waals surface area contributed by atoms with Gasteiger partial charge in [-0.25, -0.2) is 0 Å². The van der Waals surface area contributed by atoms with Crippen LogP contribution in [0.5, 0.6) is 17.2 Å². The second-order valence-corrected chi connectivity index (χ2v) is 5.95. The van der Waals surface area contributed by atoms with E-state index in [1.165, 1.54) is 12.8 Å². The summed E-state index contributed by atoms with van der Waals surface area (Å²) in [6, 6.07) is 4.37. The SMILES string of the molecule is CNC1CCCN(Cc2cc(OC)c(OCC(N)=O)c(OC)c2)C1.Cl. The summed E-state index contributed by atoms with van der Waals surface area (Å²) in [7, 11) is 5.13. The number of rotatable bonds is 8. The number of ether oxygens (including phenoxy) is 3. The fourth-order valence-electron chi connectivity index (χ4n) is 3.00. The van der Waals surface area contributed by atoms with E-state index in [0.717, 1.165) is 25.2 Å². The van der Waals surface area contributed by atoms with E-state index in [4.69, 9.17) is 19.9 Å². The highest BCUT2D eigenvalue weighted by Crippen LogP contribution is 2.39. The molecule has 0 aliphatic carbocycles. The first-order chi connectivity index (χ1) is 11.6. The van der Waals surface area contributed by atoms with Crippen molar-refractivity contribution < 1.29 is 19.0 Å². The largest absolute Gasteiger partial charge is 0.493 e. The maximum atomic E-state index is 11.0. The van der Waals surface area contributed by atoms with Gasteiger partial charge in [-0.3, -0.25) is 9.69 Å². The molecule has 1 aromatic carbocycles. The summed E-state index contributed by atoms with van der Waals surface area (Å²) < 4.78 is 16.3. The van der Waals surface area contributed by atoms with Crippen molar-refractivity contribution in [3.8, 4) is 17.2 Å². The summed E-state index contributed by atoms with van der Waals surface area (Å²) in [5.41, 5.74) is 6.22. The molecule has 1 aromatic rings. The molecule has 0 spiro atoms. The van der Waals surface area contributed by atoms with Crippen LogP contribution in [0.25, 0.3) is 0 Å². The molecule has 0 aromatic heterocycles. The van der Waals surface area contributed by atoms with Crippen molar-refractivity contribution in [2.75, 3.05) is 41.0 Å². The molecule has 1 unspecified atom stereocenters. The summed E-state index contributed by atoms with van der Waals surface area (Å²) in [4.78, 5) is 13.4. The van der Waals surface area contributed by atoms with Gasteiger partial charge in [-0.1, -0.05) is 0 Å². The van der Waals surface area contributed by atoms with Crippen LogP contribution in [0.15, 0.2) is 12.1 Å². The molecule has 1 aliphatic rings.